The zero-order valence-corrected chi connectivity index (χ0v) is 19.4. The van der Waals surface area contributed by atoms with Crippen molar-refractivity contribution in [2.75, 3.05) is 32.6 Å². The summed E-state index contributed by atoms with van der Waals surface area (Å²) in [6, 6.07) is 16.8. The molecule has 35 heavy (non-hydrogen) atoms. The van der Waals surface area contributed by atoms with E-state index in [1.807, 2.05) is 0 Å². The van der Waals surface area contributed by atoms with Crippen molar-refractivity contribution < 1.29 is 28.2 Å². The molecule has 0 radical (unpaired) electrons. The predicted molar refractivity (Wildman–Crippen MR) is 129 cm³/mol. The van der Waals surface area contributed by atoms with Crippen molar-refractivity contribution in [1.29, 1.82) is 0 Å². The van der Waals surface area contributed by atoms with E-state index >= 15 is 0 Å². The van der Waals surface area contributed by atoms with Gasteiger partial charge in [-0.25, -0.2) is 4.39 Å². The summed E-state index contributed by atoms with van der Waals surface area (Å²) in [5, 5.41) is 8.17. The van der Waals surface area contributed by atoms with Crippen LogP contribution in [0, 0.1) is 5.82 Å². The lowest BCUT2D eigenvalue weighted by molar-refractivity contribution is -0.120. The van der Waals surface area contributed by atoms with Gasteiger partial charge < -0.3 is 25.4 Å². The lowest BCUT2D eigenvalue weighted by Gasteiger charge is -2.10. The number of hydrogen-bond acceptors (Lipinski definition) is 5. The maximum Gasteiger partial charge on any atom is 0.255 e. The number of benzene rings is 3. The molecule has 0 unspecified atom stereocenters. The Bertz CT molecular complexity index is 1180. The minimum Gasteiger partial charge on any atom is -0.493 e. The molecule has 8 nitrogen and oxygen atoms in total. The molecule has 0 aliphatic rings. The smallest absolute Gasteiger partial charge is 0.255 e. The van der Waals surface area contributed by atoms with E-state index in [2.05, 4.69) is 16.0 Å². The van der Waals surface area contributed by atoms with Crippen molar-refractivity contribution in [1.82, 2.24) is 10.6 Å². The summed E-state index contributed by atoms with van der Waals surface area (Å²) in [6.07, 6.45) is 0.166. The van der Waals surface area contributed by atoms with Gasteiger partial charge in [-0.2, -0.15) is 0 Å². The highest BCUT2D eigenvalue weighted by atomic mass is 19.1. The van der Waals surface area contributed by atoms with Gasteiger partial charge >= 0.3 is 0 Å². The number of rotatable bonds is 10. The van der Waals surface area contributed by atoms with Gasteiger partial charge in [0.05, 0.1) is 20.6 Å². The molecule has 182 valence electrons. The van der Waals surface area contributed by atoms with Crippen LogP contribution >= 0.6 is 0 Å². The van der Waals surface area contributed by atoms with Crippen LogP contribution in [0.1, 0.15) is 26.3 Å². The van der Waals surface area contributed by atoms with Gasteiger partial charge in [-0.3, -0.25) is 14.4 Å². The highest BCUT2D eigenvalue weighted by Gasteiger charge is 2.10. The van der Waals surface area contributed by atoms with Gasteiger partial charge in [-0.15, -0.1) is 0 Å². The molecule has 0 saturated heterocycles. The minimum atomic E-state index is -0.422. The molecule has 0 heterocycles. The summed E-state index contributed by atoms with van der Waals surface area (Å²) < 4.78 is 23.4. The Morgan fingerprint density at radius 3 is 2.00 bits per heavy atom. The number of nitrogens with one attached hydrogen (secondary N) is 3. The first-order valence-corrected chi connectivity index (χ1v) is 10.8. The standard InChI is InChI=1S/C26H26FN3O5/c1-34-22-12-3-17(15-23(22)35-2)16-24(31)28-13-14-29-25(32)18-6-10-21(11-7-18)30-26(33)19-4-8-20(27)9-5-19/h3-12,15H,13-14,16H2,1-2H3,(H,28,31)(H,29,32)(H,30,33). The quantitative estimate of drug-likeness (QED) is 0.388. The molecule has 3 amide bonds. The molecule has 3 rings (SSSR count). The van der Waals surface area contributed by atoms with E-state index in [1.54, 1.807) is 49.6 Å². The van der Waals surface area contributed by atoms with Crippen LogP contribution in [-0.2, 0) is 11.2 Å². The third kappa shape index (κ3) is 7.29. The zero-order chi connectivity index (χ0) is 25.2. The number of halogens is 1. The summed E-state index contributed by atoms with van der Waals surface area (Å²) in [7, 11) is 3.07. The second kappa shape index (κ2) is 12.2. The van der Waals surface area contributed by atoms with Crippen molar-refractivity contribution in [2.45, 2.75) is 6.42 Å². The average molecular weight is 480 g/mol. The molecule has 0 aliphatic carbocycles. The van der Waals surface area contributed by atoms with Gasteiger partial charge in [0.25, 0.3) is 11.8 Å². The van der Waals surface area contributed by atoms with Crippen LogP contribution in [0.3, 0.4) is 0 Å². The molecule has 0 fully saturated rings. The topological polar surface area (TPSA) is 106 Å². The van der Waals surface area contributed by atoms with Gasteiger partial charge in [0.15, 0.2) is 11.5 Å². The molecule has 9 heteroatoms. The molecule has 3 aromatic rings. The third-order valence-corrected chi connectivity index (χ3v) is 5.06. The third-order valence-electron chi connectivity index (χ3n) is 5.06. The minimum absolute atomic E-state index is 0.166. The highest BCUT2D eigenvalue weighted by molar-refractivity contribution is 6.04. The maximum absolute atomic E-state index is 13.0. The van der Waals surface area contributed by atoms with Crippen LogP contribution in [0.25, 0.3) is 0 Å². The van der Waals surface area contributed by atoms with Crippen molar-refractivity contribution >= 4 is 23.4 Å². The first-order valence-electron chi connectivity index (χ1n) is 10.8. The second-order valence-corrected chi connectivity index (χ2v) is 7.51. The summed E-state index contributed by atoms with van der Waals surface area (Å²) in [6.45, 7) is 0.517. The molecule has 3 aromatic carbocycles. The second-order valence-electron chi connectivity index (χ2n) is 7.51. The fourth-order valence-corrected chi connectivity index (χ4v) is 3.23. The molecule has 0 spiro atoms. The van der Waals surface area contributed by atoms with Crippen LogP contribution in [0.4, 0.5) is 10.1 Å². The Labute approximate surface area is 202 Å². The largest absolute Gasteiger partial charge is 0.493 e. The normalized spacial score (nSPS) is 10.3. The van der Waals surface area contributed by atoms with Crippen LogP contribution < -0.4 is 25.4 Å². The number of hydrogen-bond donors (Lipinski definition) is 3. The van der Waals surface area contributed by atoms with Gasteiger partial charge in [0.2, 0.25) is 5.91 Å². The summed E-state index contributed by atoms with van der Waals surface area (Å²) >= 11 is 0. The molecule has 0 bridgehead atoms. The first kappa shape index (κ1) is 25.2. The van der Waals surface area contributed by atoms with Gasteiger partial charge in [0.1, 0.15) is 5.82 Å². The lowest BCUT2D eigenvalue weighted by Crippen LogP contribution is -2.35. The molecule has 0 saturated carbocycles. The predicted octanol–water partition coefficient (Wildman–Crippen LogP) is 3.18. The first-order chi connectivity index (χ1) is 16.9. The number of anilines is 1. The summed E-state index contributed by atoms with van der Waals surface area (Å²) in [5.41, 5.74) is 2.00. The summed E-state index contributed by atoms with van der Waals surface area (Å²) in [4.78, 5) is 36.7. The monoisotopic (exact) mass is 479 g/mol. The number of amides is 3. The molecule has 0 atom stereocenters. The molecule has 0 aromatic heterocycles. The molecular weight excluding hydrogens is 453 g/mol. The Morgan fingerprint density at radius 2 is 1.34 bits per heavy atom. The van der Waals surface area contributed by atoms with Gasteiger partial charge in [-0.05, 0) is 66.2 Å². The van der Waals surface area contributed by atoms with Gasteiger partial charge in [0, 0.05) is 29.9 Å². The van der Waals surface area contributed by atoms with Crippen molar-refractivity contribution in [3.8, 4) is 11.5 Å². The Morgan fingerprint density at radius 1 is 0.743 bits per heavy atom. The van der Waals surface area contributed by atoms with Crippen molar-refractivity contribution in [3.63, 3.8) is 0 Å². The fourth-order valence-electron chi connectivity index (χ4n) is 3.23. The van der Waals surface area contributed by atoms with Crippen molar-refractivity contribution in [3.05, 3.63) is 89.2 Å². The van der Waals surface area contributed by atoms with E-state index in [9.17, 15) is 18.8 Å². The zero-order valence-electron chi connectivity index (χ0n) is 19.4. The van der Waals surface area contributed by atoms with E-state index in [4.69, 9.17) is 9.47 Å². The van der Waals surface area contributed by atoms with Crippen LogP contribution in [0.2, 0.25) is 0 Å². The van der Waals surface area contributed by atoms with Gasteiger partial charge in [-0.1, -0.05) is 6.07 Å². The van der Waals surface area contributed by atoms with Crippen LogP contribution in [-0.4, -0.2) is 45.0 Å². The van der Waals surface area contributed by atoms with Crippen LogP contribution in [0.5, 0.6) is 11.5 Å². The highest BCUT2D eigenvalue weighted by Crippen LogP contribution is 2.27. The number of ether oxygens (including phenoxy) is 2. The number of carbonyl (C=O) groups is 3. The molecule has 3 N–H and O–H groups in total. The Hall–Kier alpha value is -4.40. The van der Waals surface area contributed by atoms with E-state index in [1.165, 1.54) is 31.4 Å². The Kier molecular flexibility index (Phi) is 8.77. The lowest BCUT2D eigenvalue weighted by atomic mass is 10.1. The van der Waals surface area contributed by atoms with E-state index in [0.29, 0.717) is 28.3 Å². The maximum atomic E-state index is 13.0. The molecular formula is C26H26FN3O5. The van der Waals surface area contributed by atoms with E-state index in [-0.39, 0.29) is 37.2 Å². The van der Waals surface area contributed by atoms with Crippen LogP contribution in [0.15, 0.2) is 66.7 Å². The average Bonchev–Trinajstić information content (AvgIpc) is 2.87. The SMILES string of the molecule is COc1ccc(CC(=O)NCCNC(=O)c2ccc(NC(=O)c3ccc(F)cc3)cc2)cc1OC. The number of methoxy groups -OCH3 is 2. The van der Waals surface area contributed by atoms with Crippen molar-refractivity contribution in [2.24, 2.45) is 0 Å². The summed E-state index contributed by atoms with van der Waals surface area (Å²) in [5.74, 6) is -0.169. The van der Waals surface area contributed by atoms with E-state index < -0.39 is 5.82 Å². The van der Waals surface area contributed by atoms with E-state index in [0.717, 1.165) is 5.56 Å². The Balaban J connectivity index is 1.41. The molecule has 0 aliphatic heterocycles. The fraction of sp³-hybridized carbons (Fsp3) is 0.192. The number of carbonyl (C=O) groups excluding carboxylic acids is 3.